The van der Waals surface area contributed by atoms with Crippen molar-refractivity contribution in [3.8, 4) is 34.6 Å². The molecule has 0 aliphatic carbocycles. The lowest BCUT2D eigenvalue weighted by atomic mass is 9.96. The molecule has 1 fully saturated rings. The zero-order chi connectivity index (χ0) is 38.1. The highest BCUT2D eigenvalue weighted by Crippen LogP contribution is 2.52. The minimum Gasteiger partial charge on any atom is -0.504 e. The number of anilines is 1. The number of nitrogens with zero attached hydrogens (tertiary/aromatic N) is 5. The van der Waals surface area contributed by atoms with E-state index in [1.165, 1.54) is 5.01 Å². The van der Waals surface area contributed by atoms with Crippen LogP contribution in [0.15, 0.2) is 66.7 Å². The summed E-state index contributed by atoms with van der Waals surface area (Å²) in [5.74, 6) is 10.00. The molecule has 1 aromatic heterocycles. The number of nitrogens with two attached hydrogens (primary N) is 1. The first-order chi connectivity index (χ1) is 25.9. The van der Waals surface area contributed by atoms with Gasteiger partial charge in [-0.05, 0) is 53.9 Å². The van der Waals surface area contributed by atoms with E-state index in [4.69, 9.17) is 38.9 Å². The van der Waals surface area contributed by atoms with Crippen LogP contribution >= 0.6 is 23.2 Å². The molecule has 0 spiro atoms. The zero-order valence-corrected chi connectivity index (χ0v) is 30.3. The van der Waals surface area contributed by atoms with Gasteiger partial charge in [-0.2, -0.15) is 18.3 Å². The van der Waals surface area contributed by atoms with Gasteiger partial charge < -0.3 is 24.9 Å². The van der Waals surface area contributed by atoms with Crippen LogP contribution < -0.4 is 10.9 Å². The number of hydrogen-bond acceptors (Lipinski definition) is 8. The van der Waals surface area contributed by atoms with Crippen LogP contribution in [0.2, 0.25) is 10.0 Å². The third kappa shape index (κ3) is 7.80. The number of aromatic hydroxyl groups is 2. The molecule has 54 heavy (non-hydrogen) atoms. The molecule has 0 radical (unpaired) electrons. The summed E-state index contributed by atoms with van der Waals surface area (Å²) in [6, 6.07) is 18.1. The van der Waals surface area contributed by atoms with E-state index in [0.717, 1.165) is 31.0 Å². The van der Waals surface area contributed by atoms with Gasteiger partial charge in [-0.1, -0.05) is 65.4 Å². The smallest absolute Gasteiger partial charge is 0.471 e. The number of ether oxygens (including phenoxy) is 1. The number of carbonyl (C=O) groups is 1. The summed E-state index contributed by atoms with van der Waals surface area (Å²) in [5, 5.41) is 29.5. The molecule has 0 atom stereocenters. The topological polar surface area (TPSA) is 120 Å². The van der Waals surface area contributed by atoms with Gasteiger partial charge >= 0.3 is 12.1 Å². The first-order valence-corrected chi connectivity index (χ1v) is 17.9. The van der Waals surface area contributed by atoms with Crippen molar-refractivity contribution in [1.29, 1.82) is 0 Å². The Morgan fingerprint density at radius 3 is 2.26 bits per heavy atom. The van der Waals surface area contributed by atoms with Gasteiger partial charge in [0.05, 0.1) is 35.7 Å². The van der Waals surface area contributed by atoms with E-state index in [0.29, 0.717) is 79.8 Å². The van der Waals surface area contributed by atoms with Gasteiger partial charge in [-0.3, -0.25) is 14.4 Å². The Balaban J connectivity index is 1.15. The maximum Gasteiger partial charge on any atom is 0.471 e. The Kier molecular flexibility index (Phi) is 10.7. The number of amides is 1. The molecule has 4 heterocycles. The predicted molar refractivity (Wildman–Crippen MR) is 200 cm³/mol. The number of carbonyl (C=O) groups excluding carboxylic acids is 1. The highest BCUT2D eigenvalue weighted by atomic mass is 35.5. The Bertz CT molecular complexity index is 2260. The number of morpholine rings is 1. The lowest BCUT2D eigenvalue weighted by Crippen LogP contribution is -2.40. The summed E-state index contributed by atoms with van der Waals surface area (Å²) in [6.07, 6.45) is -4.24. The fourth-order valence-corrected chi connectivity index (χ4v) is 7.09. The van der Waals surface area contributed by atoms with Crippen molar-refractivity contribution in [1.82, 2.24) is 19.6 Å². The number of rotatable bonds is 9. The number of hydrazine groups is 1. The summed E-state index contributed by atoms with van der Waals surface area (Å²) >= 11 is 12.5. The third-order valence-electron chi connectivity index (χ3n) is 9.50. The average molecular weight is 780 g/mol. The fraction of sp³-hybridized carbons (Fsp3) is 0.282. The van der Waals surface area contributed by atoms with E-state index >= 15 is 0 Å². The molecule has 2 bridgehead atoms. The lowest BCUT2D eigenvalue weighted by Gasteiger charge is -2.29. The molecule has 15 heteroatoms. The molecular weight excluding hydrogens is 744 g/mol. The largest absolute Gasteiger partial charge is 0.504 e. The van der Waals surface area contributed by atoms with Crippen molar-refractivity contribution in [2.45, 2.75) is 38.8 Å². The number of aromatic nitrogens is 2. The summed E-state index contributed by atoms with van der Waals surface area (Å²) in [6.45, 7) is 4.24. The van der Waals surface area contributed by atoms with Crippen LogP contribution in [0.25, 0.3) is 22.2 Å². The van der Waals surface area contributed by atoms with Crippen molar-refractivity contribution in [3.63, 3.8) is 0 Å². The van der Waals surface area contributed by atoms with Crippen LogP contribution in [0.1, 0.15) is 34.2 Å². The Morgan fingerprint density at radius 1 is 0.926 bits per heavy atom. The minimum atomic E-state index is -5.04. The predicted octanol–water partition coefficient (Wildman–Crippen LogP) is 6.83. The second kappa shape index (κ2) is 15.4. The highest BCUT2D eigenvalue weighted by molar-refractivity contribution is 6.32. The maximum absolute atomic E-state index is 13.5. The number of phenolic OH excluding ortho intramolecular Hbond substituents is 2. The van der Waals surface area contributed by atoms with E-state index in [-0.39, 0.29) is 36.8 Å². The molecule has 4 aromatic carbocycles. The van der Waals surface area contributed by atoms with Gasteiger partial charge in [-0.25, -0.2) is 5.84 Å². The number of fused-ring (bicyclic) bond motifs is 2. The standard InChI is InChI=1S/C39H35Cl2F3N6O4/c40-29-11-7-26(8-12-29)22-48(38(53)39(42,43)44)21-25-4-2-24(3-5-25)6-9-27-20-28(10-13-31(27)41)33-32-34(30-23-49(45)35(32)37(52)36(30)51)50(46-33)15-1-14-47-16-18-54-19-17-47/h2-5,7-8,10-13,20,51-52H,1,14-19,21-23,45H2. The molecule has 4 N–H and O–H groups in total. The molecule has 5 aromatic rings. The summed E-state index contributed by atoms with van der Waals surface area (Å²) in [4.78, 5) is 15.4. The van der Waals surface area contributed by atoms with Crippen LogP contribution in [0.5, 0.6) is 11.5 Å². The summed E-state index contributed by atoms with van der Waals surface area (Å²) < 4.78 is 47.7. The average Bonchev–Trinajstić information content (AvgIpc) is 3.53. The van der Waals surface area contributed by atoms with E-state index in [2.05, 4.69) is 16.7 Å². The quantitative estimate of drug-likeness (QED) is 0.0847. The van der Waals surface area contributed by atoms with Crippen molar-refractivity contribution in [2.75, 3.05) is 37.9 Å². The van der Waals surface area contributed by atoms with Crippen molar-refractivity contribution in [2.24, 2.45) is 5.84 Å². The number of halogens is 5. The van der Waals surface area contributed by atoms with Crippen LogP contribution in [-0.4, -0.2) is 74.7 Å². The van der Waals surface area contributed by atoms with Crippen molar-refractivity contribution < 1.29 is 32.9 Å². The van der Waals surface area contributed by atoms with E-state index in [9.17, 15) is 28.2 Å². The van der Waals surface area contributed by atoms with E-state index in [1.807, 2.05) is 4.68 Å². The molecular formula is C39H35Cl2F3N6O4. The van der Waals surface area contributed by atoms with Gasteiger partial charge in [0.15, 0.2) is 11.5 Å². The fourth-order valence-electron chi connectivity index (χ4n) is 6.80. The molecule has 280 valence electrons. The van der Waals surface area contributed by atoms with Gasteiger partial charge in [0.1, 0.15) is 11.4 Å². The Hall–Kier alpha value is -4.97. The number of hydrogen-bond donors (Lipinski definition) is 3. The molecule has 0 unspecified atom stereocenters. The second-order valence-corrected chi connectivity index (χ2v) is 14.0. The second-order valence-electron chi connectivity index (χ2n) is 13.2. The minimum absolute atomic E-state index is 0.210. The lowest BCUT2D eigenvalue weighted by molar-refractivity contribution is -0.186. The number of aryl methyl sites for hydroxylation is 1. The normalized spacial score (nSPS) is 14.4. The van der Waals surface area contributed by atoms with Crippen LogP contribution in [-0.2, 0) is 35.7 Å². The monoisotopic (exact) mass is 778 g/mol. The van der Waals surface area contributed by atoms with Gasteiger partial charge in [0, 0.05) is 66.5 Å². The zero-order valence-electron chi connectivity index (χ0n) is 28.8. The Morgan fingerprint density at radius 2 is 1.59 bits per heavy atom. The van der Waals surface area contributed by atoms with Gasteiger partial charge in [0.25, 0.3) is 0 Å². The van der Waals surface area contributed by atoms with Crippen LogP contribution in [0.4, 0.5) is 18.9 Å². The van der Waals surface area contributed by atoms with E-state index < -0.39 is 12.1 Å². The molecule has 3 aliphatic heterocycles. The van der Waals surface area contributed by atoms with Crippen LogP contribution in [0.3, 0.4) is 0 Å². The van der Waals surface area contributed by atoms with Crippen LogP contribution in [0, 0.1) is 11.8 Å². The van der Waals surface area contributed by atoms with E-state index in [1.54, 1.807) is 66.7 Å². The molecule has 1 saturated heterocycles. The molecule has 0 saturated carbocycles. The van der Waals surface area contributed by atoms with Crippen molar-refractivity contribution in [3.05, 3.63) is 105 Å². The van der Waals surface area contributed by atoms with Crippen molar-refractivity contribution >= 4 is 45.7 Å². The summed E-state index contributed by atoms with van der Waals surface area (Å²) in [5.41, 5.74) is 4.72. The SMILES string of the molecule is NN1Cc2c(O)c(O)c1c1c(-c3ccc(Cl)c(C#Cc4ccc(CN(Cc5ccc(Cl)cc5)C(=O)C(F)(F)F)cc4)c3)nn(CCCN3CCOCC3)c21. The highest BCUT2D eigenvalue weighted by Gasteiger charge is 2.42. The molecule has 8 rings (SSSR count). The number of benzene rings is 4. The first kappa shape index (κ1) is 37.3. The van der Waals surface area contributed by atoms with Gasteiger partial charge in [0.2, 0.25) is 0 Å². The molecule has 10 nitrogen and oxygen atoms in total. The molecule has 3 aliphatic rings. The molecule has 1 amide bonds. The van der Waals surface area contributed by atoms with Gasteiger partial charge in [-0.15, -0.1) is 0 Å². The Labute approximate surface area is 319 Å². The third-order valence-corrected chi connectivity index (χ3v) is 10.1. The summed E-state index contributed by atoms with van der Waals surface area (Å²) in [7, 11) is 0. The maximum atomic E-state index is 13.5. The number of alkyl halides is 3. The number of phenols is 2. The first-order valence-electron chi connectivity index (χ1n) is 17.2.